The Kier molecular flexibility index (Phi) is 5.73. The first-order valence-electron chi connectivity index (χ1n) is 8.27. The number of anilines is 1. The van der Waals surface area contributed by atoms with Crippen LogP contribution in [0.25, 0.3) is 4.98 Å². The normalized spacial score (nSPS) is 10.9. The minimum atomic E-state index is -0.216. The molecule has 0 saturated carbocycles. The average Bonchev–Trinajstić information content (AvgIpc) is 2.73. The number of thiocarbonyl (C=S) groups is 1. The molecule has 27 heavy (non-hydrogen) atoms. The van der Waals surface area contributed by atoms with Crippen LogP contribution >= 0.6 is 12.2 Å². The molecule has 3 rings (SSSR count). The Balaban J connectivity index is 1.83. The van der Waals surface area contributed by atoms with E-state index in [0.717, 1.165) is 16.8 Å². The smallest absolute Gasteiger partial charge is 0.352 e. The van der Waals surface area contributed by atoms with Gasteiger partial charge in [0.15, 0.2) is 10.1 Å². The summed E-state index contributed by atoms with van der Waals surface area (Å²) in [6.07, 6.45) is 0. The van der Waals surface area contributed by atoms with Gasteiger partial charge in [-0.05, 0) is 47.6 Å². The monoisotopic (exact) mass is 370 g/mol. The molecule has 6 heteroatoms. The van der Waals surface area contributed by atoms with Crippen LogP contribution in [0.4, 0.5) is 11.4 Å². The predicted molar refractivity (Wildman–Crippen MR) is 110 cm³/mol. The summed E-state index contributed by atoms with van der Waals surface area (Å²) < 4.78 is 0. The third kappa shape index (κ3) is 4.66. The van der Waals surface area contributed by atoms with E-state index in [9.17, 15) is 0 Å². The van der Waals surface area contributed by atoms with Gasteiger partial charge in [0.2, 0.25) is 5.39 Å². The molecule has 0 spiro atoms. The van der Waals surface area contributed by atoms with E-state index < -0.39 is 0 Å². The Bertz CT molecular complexity index is 1020. The molecule has 0 radical (unpaired) electrons. The van der Waals surface area contributed by atoms with Crippen molar-refractivity contribution in [2.75, 3.05) is 5.32 Å². The van der Waals surface area contributed by atoms with Crippen molar-refractivity contribution >= 4 is 28.7 Å². The van der Waals surface area contributed by atoms with Gasteiger partial charge in [-0.25, -0.2) is 0 Å². The lowest BCUT2D eigenvalue weighted by atomic mass is 9.98. The van der Waals surface area contributed by atoms with Crippen molar-refractivity contribution in [1.82, 2.24) is 5.32 Å². The van der Waals surface area contributed by atoms with Crippen LogP contribution in [-0.2, 0) is 0 Å². The molecule has 1 atom stereocenters. The number of hydrogen-bond acceptors (Lipinski definition) is 3. The Morgan fingerprint density at radius 1 is 0.926 bits per heavy atom. The van der Waals surface area contributed by atoms with Crippen LogP contribution in [0.15, 0.2) is 78.9 Å². The zero-order valence-electron chi connectivity index (χ0n) is 14.3. The Hall–Kier alpha value is -3.74. The third-order valence-corrected chi connectivity index (χ3v) is 4.22. The molecular formula is C21H16N5S+. The summed E-state index contributed by atoms with van der Waals surface area (Å²) in [5, 5.41) is 24.9. The van der Waals surface area contributed by atoms with E-state index in [4.69, 9.17) is 22.9 Å². The van der Waals surface area contributed by atoms with E-state index in [0.29, 0.717) is 16.4 Å². The topological polar surface area (TPSA) is 76.0 Å². The van der Waals surface area contributed by atoms with Crippen molar-refractivity contribution in [2.24, 2.45) is 0 Å². The highest BCUT2D eigenvalue weighted by Crippen LogP contribution is 2.25. The lowest BCUT2D eigenvalue weighted by Gasteiger charge is -2.21. The number of nitrogens with zero attached hydrogens (tertiary/aromatic N) is 3. The van der Waals surface area contributed by atoms with Crippen LogP contribution in [0, 0.1) is 16.7 Å². The maximum absolute atomic E-state index is 9.08. The van der Waals surface area contributed by atoms with Gasteiger partial charge < -0.3 is 10.6 Å². The van der Waals surface area contributed by atoms with E-state index in [-0.39, 0.29) is 6.04 Å². The Morgan fingerprint density at radius 2 is 1.63 bits per heavy atom. The first-order valence-corrected chi connectivity index (χ1v) is 8.68. The van der Waals surface area contributed by atoms with Crippen LogP contribution in [0.3, 0.4) is 0 Å². The molecule has 0 aliphatic heterocycles. The van der Waals surface area contributed by atoms with Gasteiger partial charge in [0.1, 0.15) is 0 Å². The average molecular weight is 370 g/mol. The maximum atomic E-state index is 9.08. The molecule has 1 unspecified atom stereocenters. The summed E-state index contributed by atoms with van der Waals surface area (Å²) in [5.41, 5.74) is 3.79. The molecule has 3 aromatic carbocycles. The van der Waals surface area contributed by atoms with Gasteiger partial charge in [-0.3, -0.25) is 0 Å². The van der Waals surface area contributed by atoms with Crippen LogP contribution in [0.5, 0.6) is 0 Å². The quantitative estimate of drug-likeness (QED) is 0.492. The van der Waals surface area contributed by atoms with Crippen molar-refractivity contribution in [2.45, 2.75) is 6.04 Å². The standard InChI is InChI=1S/C21H15N5S/c22-14-15-9-11-18(12-10-15)24-21(27)25-20(16-5-2-1-3-6-16)17-7-4-8-19(13-17)26-23/h1-13,20H,(H-,24,25,27)/p+1. The van der Waals surface area contributed by atoms with E-state index in [1.165, 1.54) is 0 Å². The van der Waals surface area contributed by atoms with Crippen LogP contribution in [0.1, 0.15) is 22.7 Å². The maximum Gasteiger partial charge on any atom is 0.385 e. The highest BCUT2D eigenvalue weighted by atomic mass is 32.1. The summed E-state index contributed by atoms with van der Waals surface area (Å²) in [6.45, 7) is 0. The summed E-state index contributed by atoms with van der Waals surface area (Å²) in [5.74, 6) is 0. The molecule has 5 nitrogen and oxygen atoms in total. The van der Waals surface area contributed by atoms with Gasteiger partial charge in [-0.15, -0.1) is 0 Å². The van der Waals surface area contributed by atoms with Gasteiger partial charge >= 0.3 is 5.69 Å². The SMILES string of the molecule is N#Cc1ccc(NC(=S)NC(c2ccccc2)c2cccc([N+]#N)c2)cc1. The number of benzene rings is 3. The number of rotatable bonds is 4. The second-order valence-electron chi connectivity index (χ2n) is 5.83. The fraction of sp³-hybridized carbons (Fsp3) is 0.0476. The molecule has 0 amide bonds. The third-order valence-electron chi connectivity index (χ3n) is 4.00. The Labute approximate surface area is 162 Å². The summed E-state index contributed by atoms with van der Waals surface area (Å²) in [4.78, 5) is 3.27. The highest BCUT2D eigenvalue weighted by molar-refractivity contribution is 7.80. The van der Waals surface area contributed by atoms with Crippen LogP contribution in [0.2, 0.25) is 0 Å². The second kappa shape index (κ2) is 8.57. The molecule has 2 N–H and O–H groups in total. The number of hydrogen-bond donors (Lipinski definition) is 2. The number of nitriles is 1. The fourth-order valence-electron chi connectivity index (χ4n) is 2.70. The molecule has 0 aliphatic rings. The van der Waals surface area contributed by atoms with Crippen molar-refractivity contribution in [3.05, 3.63) is 101 Å². The van der Waals surface area contributed by atoms with Crippen LogP contribution < -0.4 is 10.6 Å². The molecule has 0 heterocycles. The lowest BCUT2D eigenvalue weighted by molar-refractivity contribution is 0.769. The van der Waals surface area contributed by atoms with Gasteiger partial charge in [0, 0.05) is 17.8 Å². The first kappa shape index (κ1) is 18.1. The zero-order valence-corrected chi connectivity index (χ0v) is 15.1. The molecule has 0 saturated heterocycles. The molecule has 3 aromatic rings. The minimum Gasteiger partial charge on any atom is -0.352 e. The van der Waals surface area contributed by atoms with Gasteiger partial charge in [0.05, 0.1) is 17.7 Å². The van der Waals surface area contributed by atoms with Crippen molar-refractivity contribution in [1.29, 1.82) is 10.7 Å². The van der Waals surface area contributed by atoms with Crippen molar-refractivity contribution < 1.29 is 0 Å². The lowest BCUT2D eigenvalue weighted by Crippen LogP contribution is -2.33. The van der Waals surface area contributed by atoms with E-state index >= 15 is 0 Å². The number of nitrogens with one attached hydrogen (secondary N) is 2. The fourth-order valence-corrected chi connectivity index (χ4v) is 2.93. The van der Waals surface area contributed by atoms with Gasteiger partial charge in [-0.1, -0.05) is 42.5 Å². The van der Waals surface area contributed by atoms with Crippen molar-refractivity contribution in [3.8, 4) is 6.07 Å². The van der Waals surface area contributed by atoms with E-state index in [1.807, 2.05) is 42.5 Å². The second-order valence-corrected chi connectivity index (χ2v) is 6.23. The molecule has 0 aromatic heterocycles. The molecular weight excluding hydrogens is 354 g/mol. The zero-order chi connectivity index (χ0) is 19.1. The molecule has 0 bridgehead atoms. The Morgan fingerprint density at radius 3 is 2.30 bits per heavy atom. The van der Waals surface area contributed by atoms with Crippen molar-refractivity contribution in [3.63, 3.8) is 0 Å². The largest absolute Gasteiger partial charge is 0.385 e. The van der Waals surface area contributed by atoms with E-state index in [2.05, 4.69) is 21.7 Å². The summed E-state index contributed by atoms with van der Waals surface area (Å²) in [6, 6.07) is 26.1. The van der Waals surface area contributed by atoms with Gasteiger partial charge in [0.25, 0.3) is 0 Å². The summed E-state index contributed by atoms with van der Waals surface area (Å²) >= 11 is 5.47. The molecule has 0 fully saturated rings. The molecule has 130 valence electrons. The first-order chi connectivity index (χ1) is 13.2. The predicted octanol–water partition coefficient (Wildman–Crippen LogP) is 5.12. The van der Waals surface area contributed by atoms with Crippen LogP contribution in [-0.4, -0.2) is 5.11 Å². The summed E-state index contributed by atoms with van der Waals surface area (Å²) in [7, 11) is 0. The minimum absolute atomic E-state index is 0.216. The molecule has 0 aliphatic carbocycles. The number of diazo groups is 1. The highest BCUT2D eigenvalue weighted by Gasteiger charge is 2.18. The van der Waals surface area contributed by atoms with Gasteiger partial charge in [-0.2, -0.15) is 5.26 Å². The van der Waals surface area contributed by atoms with E-state index in [1.54, 1.807) is 36.4 Å².